The van der Waals surface area contributed by atoms with Crippen LogP contribution in [0.3, 0.4) is 0 Å². The summed E-state index contributed by atoms with van der Waals surface area (Å²) in [5.74, 6) is 1.17. The summed E-state index contributed by atoms with van der Waals surface area (Å²) in [6, 6.07) is 9.18. The van der Waals surface area contributed by atoms with Crippen LogP contribution in [0.4, 0.5) is 0 Å². The summed E-state index contributed by atoms with van der Waals surface area (Å²) >= 11 is 0. The quantitative estimate of drug-likeness (QED) is 0.511. The second kappa shape index (κ2) is 9.55. The molecule has 0 radical (unpaired) electrons. The fourth-order valence-electron chi connectivity index (χ4n) is 2.72. The van der Waals surface area contributed by atoms with Gasteiger partial charge < -0.3 is 9.47 Å². The highest BCUT2D eigenvalue weighted by molar-refractivity contribution is 7.89. The van der Waals surface area contributed by atoms with Gasteiger partial charge in [-0.2, -0.15) is 5.10 Å². The third-order valence-electron chi connectivity index (χ3n) is 4.02. The van der Waals surface area contributed by atoms with Gasteiger partial charge in [0.15, 0.2) is 5.82 Å². The molecule has 160 valence electrons. The van der Waals surface area contributed by atoms with E-state index < -0.39 is 10.0 Å². The molecule has 3 aromatic rings. The standard InChI is InChI=1S/C19H23N5O5S/c1-3-28-15-6-7-17(16(14-15)29-4-2)30(26,27)21-11-13-24-19(25)9-8-18(22-24)23-12-5-10-20-23/h5-10,12,14,21H,3-4,11,13H2,1-2H3. The molecule has 0 spiro atoms. The molecule has 2 heterocycles. The minimum absolute atomic E-state index is 0.00148. The molecule has 30 heavy (non-hydrogen) atoms. The molecule has 0 saturated heterocycles. The van der Waals surface area contributed by atoms with Crippen LogP contribution in [-0.2, 0) is 16.6 Å². The van der Waals surface area contributed by atoms with Crippen molar-refractivity contribution in [2.45, 2.75) is 25.3 Å². The first-order valence-corrected chi connectivity index (χ1v) is 10.9. The van der Waals surface area contributed by atoms with Gasteiger partial charge in [0, 0.05) is 31.1 Å². The maximum atomic E-state index is 12.8. The molecule has 0 unspecified atom stereocenters. The first-order chi connectivity index (χ1) is 14.4. The Bertz CT molecular complexity index is 1140. The van der Waals surface area contributed by atoms with Crippen LogP contribution in [0.25, 0.3) is 5.82 Å². The van der Waals surface area contributed by atoms with Crippen molar-refractivity contribution in [2.24, 2.45) is 0 Å². The smallest absolute Gasteiger partial charge is 0.266 e. The van der Waals surface area contributed by atoms with E-state index in [1.807, 2.05) is 6.92 Å². The van der Waals surface area contributed by atoms with Crippen LogP contribution in [-0.4, -0.2) is 47.7 Å². The Morgan fingerprint density at radius 2 is 1.90 bits per heavy atom. The van der Waals surface area contributed by atoms with E-state index in [2.05, 4.69) is 14.9 Å². The maximum Gasteiger partial charge on any atom is 0.266 e. The van der Waals surface area contributed by atoms with Crippen molar-refractivity contribution in [1.29, 1.82) is 0 Å². The summed E-state index contributed by atoms with van der Waals surface area (Å²) in [5.41, 5.74) is -0.346. The SMILES string of the molecule is CCOc1ccc(S(=O)(=O)NCCn2nc(-n3cccn3)ccc2=O)c(OCC)c1. The van der Waals surface area contributed by atoms with Crippen molar-refractivity contribution >= 4 is 10.0 Å². The van der Waals surface area contributed by atoms with E-state index in [0.29, 0.717) is 24.8 Å². The van der Waals surface area contributed by atoms with E-state index in [0.717, 1.165) is 0 Å². The van der Waals surface area contributed by atoms with Crippen molar-refractivity contribution in [3.05, 3.63) is 59.1 Å². The molecular formula is C19H23N5O5S. The maximum absolute atomic E-state index is 12.8. The minimum Gasteiger partial charge on any atom is -0.494 e. The lowest BCUT2D eigenvalue weighted by molar-refractivity contribution is 0.317. The first kappa shape index (κ1) is 21.5. The summed E-state index contributed by atoms with van der Waals surface area (Å²) in [7, 11) is -3.87. The van der Waals surface area contributed by atoms with E-state index in [9.17, 15) is 13.2 Å². The molecule has 0 saturated carbocycles. The Kier molecular flexibility index (Phi) is 6.85. The van der Waals surface area contributed by atoms with Crippen molar-refractivity contribution in [3.8, 4) is 17.3 Å². The minimum atomic E-state index is -3.87. The van der Waals surface area contributed by atoms with E-state index in [4.69, 9.17) is 9.47 Å². The number of aromatic nitrogens is 4. The van der Waals surface area contributed by atoms with Crippen LogP contribution in [0.15, 0.2) is 58.5 Å². The number of hydrogen-bond acceptors (Lipinski definition) is 7. The van der Waals surface area contributed by atoms with Crippen molar-refractivity contribution in [1.82, 2.24) is 24.3 Å². The Labute approximate surface area is 174 Å². The Morgan fingerprint density at radius 3 is 2.60 bits per heavy atom. The fraction of sp³-hybridized carbons (Fsp3) is 0.316. The van der Waals surface area contributed by atoms with E-state index >= 15 is 0 Å². The molecular weight excluding hydrogens is 410 g/mol. The van der Waals surface area contributed by atoms with Gasteiger partial charge in [-0.05, 0) is 38.1 Å². The number of benzene rings is 1. The predicted octanol–water partition coefficient (Wildman–Crippen LogP) is 1.20. The lowest BCUT2D eigenvalue weighted by Gasteiger charge is -2.14. The Morgan fingerprint density at radius 1 is 1.10 bits per heavy atom. The van der Waals surface area contributed by atoms with E-state index in [1.165, 1.54) is 21.5 Å². The van der Waals surface area contributed by atoms with E-state index in [1.54, 1.807) is 43.6 Å². The molecule has 0 aliphatic heterocycles. The number of nitrogens with one attached hydrogen (secondary N) is 1. The largest absolute Gasteiger partial charge is 0.494 e. The summed E-state index contributed by atoms with van der Waals surface area (Å²) < 4.78 is 41.6. The summed E-state index contributed by atoms with van der Waals surface area (Å²) in [6.45, 7) is 4.38. The highest BCUT2D eigenvalue weighted by Crippen LogP contribution is 2.28. The monoisotopic (exact) mass is 433 g/mol. The molecule has 11 heteroatoms. The summed E-state index contributed by atoms with van der Waals surface area (Å²) in [4.78, 5) is 12.1. The van der Waals surface area contributed by atoms with Gasteiger partial charge in [0.05, 0.1) is 19.8 Å². The number of hydrogen-bond donors (Lipinski definition) is 1. The average molecular weight is 433 g/mol. The normalized spacial score (nSPS) is 11.4. The second-order valence-electron chi connectivity index (χ2n) is 6.08. The predicted molar refractivity (Wildman–Crippen MR) is 110 cm³/mol. The number of ether oxygens (including phenoxy) is 2. The lowest BCUT2D eigenvalue weighted by Crippen LogP contribution is -2.32. The molecule has 0 aliphatic carbocycles. The van der Waals surface area contributed by atoms with Crippen molar-refractivity contribution in [2.75, 3.05) is 19.8 Å². The van der Waals surface area contributed by atoms with Crippen LogP contribution >= 0.6 is 0 Å². The molecule has 0 aliphatic rings. The molecule has 3 rings (SSSR count). The van der Waals surface area contributed by atoms with Crippen molar-refractivity contribution in [3.63, 3.8) is 0 Å². The molecule has 1 N–H and O–H groups in total. The number of sulfonamides is 1. The van der Waals surface area contributed by atoms with Gasteiger partial charge in [-0.25, -0.2) is 22.5 Å². The molecule has 0 fully saturated rings. The topological polar surface area (TPSA) is 117 Å². The molecule has 0 amide bonds. The van der Waals surface area contributed by atoms with Crippen LogP contribution in [0.2, 0.25) is 0 Å². The lowest BCUT2D eigenvalue weighted by atomic mass is 10.3. The van der Waals surface area contributed by atoms with Gasteiger partial charge in [0.1, 0.15) is 16.4 Å². The van der Waals surface area contributed by atoms with Crippen molar-refractivity contribution < 1.29 is 17.9 Å². The zero-order valence-corrected chi connectivity index (χ0v) is 17.5. The third-order valence-corrected chi connectivity index (χ3v) is 5.52. The third kappa shape index (κ3) is 5.05. The van der Waals surface area contributed by atoms with Gasteiger partial charge in [0.2, 0.25) is 10.0 Å². The van der Waals surface area contributed by atoms with Crippen LogP contribution < -0.4 is 19.8 Å². The van der Waals surface area contributed by atoms with Gasteiger partial charge in [-0.3, -0.25) is 4.79 Å². The summed E-state index contributed by atoms with van der Waals surface area (Å²) in [6.07, 6.45) is 3.29. The Balaban J connectivity index is 1.74. The Hall–Kier alpha value is -3.18. The average Bonchev–Trinajstić information content (AvgIpc) is 3.25. The van der Waals surface area contributed by atoms with Gasteiger partial charge in [0.25, 0.3) is 5.56 Å². The van der Waals surface area contributed by atoms with Crippen LogP contribution in [0.1, 0.15) is 13.8 Å². The number of rotatable bonds is 10. The molecule has 1 aromatic carbocycles. The summed E-state index contributed by atoms with van der Waals surface area (Å²) in [5, 5.41) is 8.28. The molecule has 0 bridgehead atoms. The van der Waals surface area contributed by atoms with Gasteiger partial charge >= 0.3 is 0 Å². The van der Waals surface area contributed by atoms with Gasteiger partial charge in [-0.15, -0.1) is 5.10 Å². The fourth-order valence-corrected chi connectivity index (χ4v) is 3.87. The molecule has 10 nitrogen and oxygen atoms in total. The molecule has 2 aromatic heterocycles. The van der Waals surface area contributed by atoms with Crippen LogP contribution in [0.5, 0.6) is 11.5 Å². The zero-order valence-electron chi connectivity index (χ0n) is 16.7. The first-order valence-electron chi connectivity index (χ1n) is 9.42. The van der Waals surface area contributed by atoms with E-state index in [-0.39, 0.29) is 29.3 Å². The van der Waals surface area contributed by atoms with Crippen LogP contribution in [0, 0.1) is 0 Å². The molecule has 0 atom stereocenters. The number of nitrogens with zero attached hydrogens (tertiary/aromatic N) is 4. The highest BCUT2D eigenvalue weighted by Gasteiger charge is 2.20. The zero-order chi connectivity index (χ0) is 21.6. The second-order valence-corrected chi connectivity index (χ2v) is 7.81. The highest BCUT2D eigenvalue weighted by atomic mass is 32.2. The van der Waals surface area contributed by atoms with Gasteiger partial charge in [-0.1, -0.05) is 0 Å².